The summed E-state index contributed by atoms with van der Waals surface area (Å²) in [6.07, 6.45) is 2.01. The van der Waals surface area contributed by atoms with Gasteiger partial charge in [-0.2, -0.15) is 0 Å². The molecule has 0 unspecified atom stereocenters. The minimum atomic E-state index is -3.77. The highest BCUT2D eigenvalue weighted by atomic mass is 32.2. The Morgan fingerprint density at radius 3 is 2.29 bits per heavy atom. The topological polar surface area (TPSA) is 55.4 Å². The van der Waals surface area contributed by atoms with Crippen LogP contribution in [0.4, 0.5) is 5.69 Å². The predicted octanol–water partition coefficient (Wildman–Crippen LogP) is 4.90. The van der Waals surface area contributed by atoms with Crippen molar-refractivity contribution in [2.24, 2.45) is 0 Å². The largest absolute Gasteiger partial charge is 0.496 e. The van der Waals surface area contributed by atoms with Crippen molar-refractivity contribution in [1.29, 1.82) is 0 Å². The normalized spacial score (nSPS) is 13.2. The molecule has 0 heterocycles. The molecule has 5 rings (SSSR count). The number of ether oxygens (including phenoxy) is 1. The Hall–Kier alpha value is -3.05. The maximum atomic E-state index is 13.3. The molecule has 5 heteroatoms. The molecule has 0 aliphatic heterocycles. The van der Waals surface area contributed by atoms with Crippen LogP contribution in [0.1, 0.15) is 11.1 Å². The van der Waals surface area contributed by atoms with Gasteiger partial charge in [0.05, 0.1) is 17.7 Å². The van der Waals surface area contributed by atoms with Crippen LogP contribution in [-0.2, 0) is 22.9 Å². The number of methoxy groups -OCH3 is 1. The highest BCUT2D eigenvalue weighted by Crippen LogP contribution is 2.37. The molecule has 140 valence electrons. The van der Waals surface area contributed by atoms with Gasteiger partial charge in [0.2, 0.25) is 0 Å². The molecule has 0 saturated heterocycles. The molecule has 4 aromatic rings. The lowest BCUT2D eigenvalue weighted by molar-refractivity contribution is 0.419. The van der Waals surface area contributed by atoms with Gasteiger partial charge in [-0.15, -0.1) is 0 Å². The van der Waals surface area contributed by atoms with Crippen LogP contribution in [0.25, 0.3) is 21.5 Å². The second-order valence-corrected chi connectivity index (χ2v) is 8.68. The molecular formula is C23H19NO3S. The van der Waals surface area contributed by atoms with Crippen molar-refractivity contribution in [3.8, 4) is 5.75 Å². The molecule has 28 heavy (non-hydrogen) atoms. The van der Waals surface area contributed by atoms with Gasteiger partial charge in [-0.05, 0) is 47.6 Å². The molecule has 0 bridgehead atoms. The third-order valence-corrected chi connectivity index (χ3v) is 6.90. The molecular weight excluding hydrogens is 370 g/mol. The van der Waals surface area contributed by atoms with E-state index >= 15 is 0 Å². The van der Waals surface area contributed by atoms with Gasteiger partial charge >= 0.3 is 0 Å². The van der Waals surface area contributed by atoms with Gasteiger partial charge in [0.1, 0.15) is 5.75 Å². The first kappa shape index (κ1) is 17.1. The van der Waals surface area contributed by atoms with Crippen molar-refractivity contribution in [1.82, 2.24) is 0 Å². The van der Waals surface area contributed by atoms with E-state index in [4.69, 9.17) is 4.74 Å². The van der Waals surface area contributed by atoms with Gasteiger partial charge in [-0.1, -0.05) is 48.5 Å². The minimum Gasteiger partial charge on any atom is -0.496 e. The lowest BCUT2D eigenvalue weighted by Gasteiger charge is -2.15. The highest BCUT2D eigenvalue weighted by molar-refractivity contribution is 7.93. The number of hydrogen-bond donors (Lipinski definition) is 1. The van der Waals surface area contributed by atoms with Crippen molar-refractivity contribution < 1.29 is 13.2 Å². The molecule has 0 aromatic heterocycles. The van der Waals surface area contributed by atoms with Crippen LogP contribution in [0, 0.1) is 0 Å². The molecule has 0 atom stereocenters. The van der Waals surface area contributed by atoms with Crippen LogP contribution in [0.2, 0.25) is 0 Å². The maximum Gasteiger partial charge on any atom is 0.262 e. The van der Waals surface area contributed by atoms with Gasteiger partial charge in [0.25, 0.3) is 10.0 Å². The summed E-state index contributed by atoms with van der Waals surface area (Å²) in [6.45, 7) is 0. The zero-order chi connectivity index (χ0) is 19.3. The Morgan fingerprint density at radius 1 is 0.786 bits per heavy atom. The summed E-state index contributed by atoms with van der Waals surface area (Å²) in [6, 6.07) is 20.7. The van der Waals surface area contributed by atoms with Gasteiger partial charge < -0.3 is 4.74 Å². The fraction of sp³-hybridized carbons (Fsp3) is 0.130. The Bertz CT molecular complexity index is 1330. The Kier molecular flexibility index (Phi) is 3.81. The van der Waals surface area contributed by atoms with Crippen molar-refractivity contribution >= 4 is 37.3 Å². The van der Waals surface area contributed by atoms with Crippen LogP contribution in [0.3, 0.4) is 0 Å². The van der Waals surface area contributed by atoms with E-state index in [9.17, 15) is 8.42 Å². The van der Waals surface area contributed by atoms with E-state index in [1.165, 1.54) is 16.5 Å². The molecule has 1 aliphatic rings. The van der Waals surface area contributed by atoms with E-state index in [-0.39, 0.29) is 4.90 Å². The number of nitrogens with one attached hydrogen (secondary N) is 1. The molecule has 0 spiro atoms. The van der Waals surface area contributed by atoms with E-state index in [1.54, 1.807) is 25.3 Å². The SMILES string of the molecule is COc1ccc(S(=O)(=O)Nc2ccc3c4c(cccc24)CC3)c2ccccc12. The third kappa shape index (κ3) is 2.54. The van der Waals surface area contributed by atoms with Crippen LogP contribution in [-0.4, -0.2) is 15.5 Å². The van der Waals surface area contributed by atoms with E-state index in [2.05, 4.69) is 10.8 Å². The number of aryl methyl sites for hydroxylation is 2. The average Bonchev–Trinajstić information content (AvgIpc) is 3.14. The minimum absolute atomic E-state index is 0.243. The molecule has 4 aromatic carbocycles. The maximum absolute atomic E-state index is 13.3. The lowest BCUT2D eigenvalue weighted by Crippen LogP contribution is -2.14. The summed E-state index contributed by atoms with van der Waals surface area (Å²) in [5, 5.41) is 3.55. The Labute approximate surface area is 163 Å². The average molecular weight is 389 g/mol. The van der Waals surface area contributed by atoms with Crippen molar-refractivity contribution in [2.75, 3.05) is 11.8 Å². The molecule has 0 radical (unpaired) electrons. The van der Waals surface area contributed by atoms with Crippen molar-refractivity contribution in [3.05, 3.63) is 77.9 Å². The van der Waals surface area contributed by atoms with Gasteiger partial charge in [0.15, 0.2) is 0 Å². The number of benzene rings is 4. The first-order valence-electron chi connectivity index (χ1n) is 9.20. The zero-order valence-electron chi connectivity index (χ0n) is 15.4. The molecule has 4 nitrogen and oxygen atoms in total. The van der Waals surface area contributed by atoms with E-state index in [0.717, 1.165) is 23.6 Å². The van der Waals surface area contributed by atoms with Gasteiger partial charge in [-0.3, -0.25) is 4.72 Å². The first-order valence-corrected chi connectivity index (χ1v) is 10.7. The first-order chi connectivity index (χ1) is 13.6. The summed E-state index contributed by atoms with van der Waals surface area (Å²) in [5.41, 5.74) is 3.18. The molecule has 1 N–H and O–H groups in total. The second kappa shape index (κ2) is 6.24. The summed E-state index contributed by atoms with van der Waals surface area (Å²) < 4.78 is 34.8. The van der Waals surface area contributed by atoms with Crippen LogP contribution in [0.15, 0.2) is 71.6 Å². The molecule has 0 fully saturated rings. The number of hydrogen-bond acceptors (Lipinski definition) is 3. The van der Waals surface area contributed by atoms with Crippen LogP contribution in [0.5, 0.6) is 5.75 Å². The smallest absolute Gasteiger partial charge is 0.262 e. The van der Waals surface area contributed by atoms with Crippen molar-refractivity contribution in [2.45, 2.75) is 17.7 Å². The number of rotatable bonds is 4. The fourth-order valence-electron chi connectivity index (χ4n) is 4.19. The van der Waals surface area contributed by atoms with E-state index in [0.29, 0.717) is 16.8 Å². The second-order valence-electron chi connectivity index (χ2n) is 7.03. The number of anilines is 1. The summed E-state index contributed by atoms with van der Waals surface area (Å²) in [5.74, 6) is 0.653. The molecule has 1 aliphatic carbocycles. The Morgan fingerprint density at radius 2 is 1.50 bits per heavy atom. The standard InChI is InChI=1S/C23H19NO3S/c1-27-21-13-14-22(18-7-3-2-6-17(18)21)28(25,26)24-20-12-11-16-10-9-15-5-4-8-19(20)23(15)16/h2-8,11-14,24H,9-10H2,1H3. The van der Waals surface area contributed by atoms with Gasteiger partial charge in [-0.25, -0.2) is 8.42 Å². The monoisotopic (exact) mass is 389 g/mol. The quantitative estimate of drug-likeness (QED) is 0.540. The van der Waals surface area contributed by atoms with Crippen molar-refractivity contribution in [3.63, 3.8) is 0 Å². The zero-order valence-corrected chi connectivity index (χ0v) is 16.2. The summed E-state index contributed by atoms with van der Waals surface area (Å²) in [4.78, 5) is 0.243. The van der Waals surface area contributed by atoms with E-state index in [1.807, 2.05) is 42.5 Å². The number of fused-ring (bicyclic) bond motifs is 1. The van der Waals surface area contributed by atoms with Gasteiger partial charge in [0, 0.05) is 16.2 Å². The number of sulfonamides is 1. The van der Waals surface area contributed by atoms with E-state index < -0.39 is 10.0 Å². The molecule has 0 amide bonds. The summed E-state index contributed by atoms with van der Waals surface area (Å²) >= 11 is 0. The highest BCUT2D eigenvalue weighted by Gasteiger charge is 2.22. The molecule has 0 saturated carbocycles. The van der Waals surface area contributed by atoms with Crippen LogP contribution >= 0.6 is 0 Å². The lowest BCUT2D eigenvalue weighted by atomic mass is 10.0. The third-order valence-electron chi connectivity index (χ3n) is 5.47. The predicted molar refractivity (Wildman–Crippen MR) is 113 cm³/mol. The fourth-order valence-corrected chi connectivity index (χ4v) is 5.48. The Balaban J connectivity index is 1.66. The van der Waals surface area contributed by atoms with Crippen LogP contribution < -0.4 is 9.46 Å². The summed E-state index contributed by atoms with van der Waals surface area (Å²) in [7, 11) is -2.18.